The first kappa shape index (κ1) is 22.7. The van der Waals surface area contributed by atoms with Gasteiger partial charge < -0.3 is 0 Å². The fourth-order valence-electron chi connectivity index (χ4n) is 6.63. The van der Waals surface area contributed by atoms with E-state index in [-0.39, 0.29) is 5.41 Å². The number of fused-ring (bicyclic) bond motifs is 2. The van der Waals surface area contributed by atoms with Gasteiger partial charge in [-0.1, -0.05) is 85.6 Å². The van der Waals surface area contributed by atoms with Crippen molar-refractivity contribution in [1.29, 1.82) is 0 Å². The van der Waals surface area contributed by atoms with Crippen molar-refractivity contribution < 1.29 is 0 Å². The Labute approximate surface area is 205 Å². The molecule has 0 saturated carbocycles. The number of benzene rings is 4. The van der Waals surface area contributed by atoms with E-state index in [0.29, 0.717) is 0 Å². The predicted octanol–water partition coefficient (Wildman–Crippen LogP) is 9.10. The largest absolute Gasteiger partial charge is 0.0573 e. The molecule has 0 nitrogen and oxygen atoms in total. The second-order valence-corrected chi connectivity index (χ2v) is 11.1. The first-order chi connectivity index (χ1) is 16.1. The van der Waals surface area contributed by atoms with E-state index in [1.165, 1.54) is 77.9 Å². The van der Waals surface area contributed by atoms with Crippen LogP contribution in [0.25, 0.3) is 22.3 Å². The van der Waals surface area contributed by atoms with Crippen molar-refractivity contribution in [2.45, 2.75) is 67.2 Å². The Bertz CT molecular complexity index is 1290. The molecule has 5 rings (SSSR count). The molecule has 4 aromatic rings. The van der Waals surface area contributed by atoms with E-state index >= 15 is 0 Å². The fourth-order valence-corrected chi connectivity index (χ4v) is 6.63. The van der Waals surface area contributed by atoms with Crippen LogP contribution in [0, 0.1) is 41.5 Å². The SMILES string of the molecule is Cc1cc(C)c(-c2ccc3c(c2)Cc2cc(-c4c(C)cc(C)cc4C)ccc2C3(C)C)c(C)c1. The van der Waals surface area contributed by atoms with Crippen LogP contribution in [0.2, 0.25) is 0 Å². The summed E-state index contributed by atoms with van der Waals surface area (Å²) in [6.07, 6.45) is 0.990. The van der Waals surface area contributed by atoms with Crippen molar-refractivity contribution in [3.63, 3.8) is 0 Å². The quantitative estimate of drug-likeness (QED) is 0.289. The lowest BCUT2D eigenvalue weighted by Crippen LogP contribution is -2.27. The van der Waals surface area contributed by atoms with Gasteiger partial charge in [-0.3, -0.25) is 0 Å². The van der Waals surface area contributed by atoms with E-state index < -0.39 is 0 Å². The second kappa shape index (κ2) is 7.98. The van der Waals surface area contributed by atoms with Gasteiger partial charge in [-0.05, 0) is 115 Å². The molecule has 0 saturated heterocycles. The highest BCUT2D eigenvalue weighted by molar-refractivity contribution is 5.75. The van der Waals surface area contributed by atoms with Gasteiger partial charge in [-0.25, -0.2) is 0 Å². The van der Waals surface area contributed by atoms with Crippen LogP contribution in [-0.4, -0.2) is 0 Å². The van der Waals surface area contributed by atoms with Crippen LogP contribution in [-0.2, 0) is 11.8 Å². The summed E-state index contributed by atoms with van der Waals surface area (Å²) < 4.78 is 0. The Morgan fingerprint density at radius 3 is 1.21 bits per heavy atom. The van der Waals surface area contributed by atoms with Gasteiger partial charge in [-0.15, -0.1) is 0 Å². The minimum Gasteiger partial charge on any atom is -0.0573 e. The van der Waals surface area contributed by atoms with Gasteiger partial charge in [0.05, 0.1) is 0 Å². The summed E-state index contributed by atoms with van der Waals surface area (Å²) in [5.41, 5.74) is 19.4. The fraction of sp³-hybridized carbons (Fsp3) is 0.294. The normalized spacial score (nSPS) is 14.0. The van der Waals surface area contributed by atoms with Gasteiger partial charge in [0, 0.05) is 5.41 Å². The van der Waals surface area contributed by atoms with E-state index in [9.17, 15) is 0 Å². The summed E-state index contributed by atoms with van der Waals surface area (Å²) in [4.78, 5) is 0. The first-order valence-electron chi connectivity index (χ1n) is 12.5. The molecule has 34 heavy (non-hydrogen) atoms. The van der Waals surface area contributed by atoms with Crippen LogP contribution < -0.4 is 0 Å². The zero-order valence-electron chi connectivity index (χ0n) is 22.0. The molecule has 1 aliphatic rings. The summed E-state index contributed by atoms with van der Waals surface area (Å²) in [6, 6.07) is 23.6. The Balaban J connectivity index is 1.63. The minimum absolute atomic E-state index is 0.00525. The molecular weight excluding hydrogens is 408 g/mol. The summed E-state index contributed by atoms with van der Waals surface area (Å²) in [5, 5.41) is 0. The van der Waals surface area contributed by atoms with Crippen LogP contribution in [0.15, 0.2) is 60.7 Å². The van der Waals surface area contributed by atoms with Gasteiger partial charge in [0.1, 0.15) is 0 Å². The van der Waals surface area contributed by atoms with Crippen molar-refractivity contribution in [3.05, 3.63) is 116 Å². The smallest absolute Gasteiger partial charge is 0.0152 e. The van der Waals surface area contributed by atoms with Crippen molar-refractivity contribution in [2.24, 2.45) is 0 Å². The average Bonchev–Trinajstić information content (AvgIpc) is 2.72. The molecule has 0 fully saturated rings. The maximum Gasteiger partial charge on any atom is 0.0152 e. The molecule has 0 aliphatic heterocycles. The molecule has 0 heterocycles. The lowest BCUT2D eigenvalue weighted by Gasteiger charge is -2.36. The van der Waals surface area contributed by atoms with Gasteiger partial charge in [0.15, 0.2) is 0 Å². The highest BCUT2D eigenvalue weighted by Crippen LogP contribution is 2.44. The Kier molecular flexibility index (Phi) is 5.32. The standard InChI is InChI=1S/C34H36/c1-20-13-22(3)32(23(4)14-20)26-9-11-30-28(17-26)19-29-18-27(10-12-31(29)34(30,7)8)33-24(5)15-21(2)16-25(33)6/h9-18H,19H2,1-8H3. The van der Waals surface area contributed by atoms with Crippen LogP contribution in [0.3, 0.4) is 0 Å². The van der Waals surface area contributed by atoms with Gasteiger partial charge in [-0.2, -0.15) is 0 Å². The van der Waals surface area contributed by atoms with Crippen LogP contribution in [0.4, 0.5) is 0 Å². The molecule has 0 bridgehead atoms. The van der Waals surface area contributed by atoms with Crippen molar-refractivity contribution >= 4 is 0 Å². The molecule has 0 amide bonds. The summed E-state index contributed by atoms with van der Waals surface area (Å²) in [5.74, 6) is 0. The summed E-state index contributed by atoms with van der Waals surface area (Å²) in [6.45, 7) is 18.1. The highest BCUT2D eigenvalue weighted by Gasteiger charge is 2.33. The predicted molar refractivity (Wildman–Crippen MR) is 147 cm³/mol. The minimum atomic E-state index is -0.00525. The van der Waals surface area contributed by atoms with E-state index in [0.717, 1.165) is 6.42 Å². The summed E-state index contributed by atoms with van der Waals surface area (Å²) in [7, 11) is 0. The Morgan fingerprint density at radius 1 is 0.500 bits per heavy atom. The number of hydrogen-bond donors (Lipinski definition) is 0. The molecule has 0 radical (unpaired) electrons. The van der Waals surface area contributed by atoms with Gasteiger partial charge >= 0.3 is 0 Å². The molecule has 0 N–H and O–H groups in total. The lowest BCUT2D eigenvalue weighted by atomic mass is 9.68. The van der Waals surface area contributed by atoms with Crippen LogP contribution in [0.1, 0.15) is 69.5 Å². The third-order valence-electron chi connectivity index (χ3n) is 7.87. The Morgan fingerprint density at radius 2 is 0.853 bits per heavy atom. The second-order valence-electron chi connectivity index (χ2n) is 11.1. The Hall–Kier alpha value is -3.12. The number of hydrogen-bond acceptors (Lipinski definition) is 0. The zero-order chi connectivity index (χ0) is 24.4. The van der Waals surface area contributed by atoms with Crippen LogP contribution >= 0.6 is 0 Å². The molecule has 172 valence electrons. The molecule has 1 aliphatic carbocycles. The van der Waals surface area contributed by atoms with Crippen molar-refractivity contribution in [3.8, 4) is 22.3 Å². The third kappa shape index (κ3) is 3.61. The molecule has 0 spiro atoms. The molecule has 0 atom stereocenters. The van der Waals surface area contributed by atoms with E-state index in [4.69, 9.17) is 0 Å². The number of rotatable bonds is 2. The van der Waals surface area contributed by atoms with Gasteiger partial charge in [0.2, 0.25) is 0 Å². The molecule has 4 aromatic carbocycles. The van der Waals surface area contributed by atoms with E-state index in [1.54, 1.807) is 0 Å². The molecular formula is C34H36. The number of aryl methyl sites for hydroxylation is 6. The van der Waals surface area contributed by atoms with Crippen molar-refractivity contribution in [1.82, 2.24) is 0 Å². The lowest BCUT2D eigenvalue weighted by molar-refractivity contribution is 0.611. The first-order valence-corrected chi connectivity index (χ1v) is 12.5. The van der Waals surface area contributed by atoms with E-state index in [2.05, 4.69) is 116 Å². The monoisotopic (exact) mass is 444 g/mol. The third-order valence-corrected chi connectivity index (χ3v) is 7.87. The maximum atomic E-state index is 2.46. The van der Waals surface area contributed by atoms with Crippen molar-refractivity contribution in [2.75, 3.05) is 0 Å². The molecule has 0 heteroatoms. The topological polar surface area (TPSA) is 0 Å². The van der Waals surface area contributed by atoms with Crippen LogP contribution in [0.5, 0.6) is 0 Å². The average molecular weight is 445 g/mol. The summed E-state index contributed by atoms with van der Waals surface area (Å²) >= 11 is 0. The molecule has 0 aromatic heterocycles. The maximum absolute atomic E-state index is 2.46. The zero-order valence-corrected chi connectivity index (χ0v) is 22.0. The van der Waals surface area contributed by atoms with Gasteiger partial charge in [0.25, 0.3) is 0 Å². The molecule has 0 unspecified atom stereocenters. The van der Waals surface area contributed by atoms with E-state index in [1.807, 2.05) is 0 Å². The highest BCUT2D eigenvalue weighted by atomic mass is 14.4.